The minimum atomic E-state index is 1.06. The van der Waals surface area contributed by atoms with Gasteiger partial charge in [0.15, 0.2) is 0 Å². The first-order valence-electron chi connectivity index (χ1n) is 25.6. The predicted octanol–water partition coefficient (Wildman–Crippen LogP) is 18.5. The third kappa shape index (κ3) is 45.7. The Morgan fingerprint density at radius 3 is 0.614 bits per heavy atom. The number of hydrogen-bond donors (Lipinski definition) is 0. The summed E-state index contributed by atoms with van der Waals surface area (Å²) in [6.07, 6.45) is 17.7. The summed E-state index contributed by atoms with van der Waals surface area (Å²) in [6.45, 7) is 56.6. The average Bonchev–Trinajstić information content (AvgIpc) is 3.41. The van der Waals surface area contributed by atoms with Crippen LogP contribution in [0.25, 0.3) is 0 Å². The van der Waals surface area contributed by atoms with E-state index in [9.17, 15) is 0 Å². The highest BCUT2D eigenvalue weighted by atomic mass is 14.8. The molecule has 6 aromatic heterocycles. The van der Waals surface area contributed by atoms with Crippen LogP contribution in [0.15, 0.2) is 123 Å². The molecule has 1 aromatic carbocycles. The lowest BCUT2D eigenvalue weighted by molar-refractivity contribution is 1.06. The summed E-state index contributed by atoms with van der Waals surface area (Å²) in [6, 6.07) is 20.4. The fourth-order valence-corrected chi connectivity index (χ4v) is 3.80. The first-order valence-corrected chi connectivity index (χ1v) is 25.6. The Kier molecular flexibility index (Phi) is 66.0. The number of benzene rings is 1. The molecule has 7 aromatic rings. The highest BCUT2D eigenvalue weighted by Gasteiger charge is 1.90. The van der Waals surface area contributed by atoms with Crippen LogP contribution in [0.3, 0.4) is 0 Å². The number of rotatable bonds is 0. The van der Waals surface area contributed by atoms with Crippen LogP contribution >= 0.6 is 0 Å². The van der Waals surface area contributed by atoms with Gasteiger partial charge >= 0.3 is 0 Å². The highest BCUT2D eigenvalue weighted by molar-refractivity contribution is 5.23. The smallest absolute Gasteiger partial charge is 0.115 e. The maximum atomic E-state index is 4.08. The second-order valence-electron chi connectivity index (χ2n) is 13.4. The van der Waals surface area contributed by atoms with Crippen molar-refractivity contribution in [2.75, 3.05) is 0 Å². The van der Waals surface area contributed by atoms with E-state index in [0.29, 0.717) is 0 Å². The van der Waals surface area contributed by atoms with Gasteiger partial charge in [0, 0.05) is 72.4 Å². The monoisotopic (exact) mass is 961 g/mol. The average molecular weight is 962 g/mol. The van der Waals surface area contributed by atoms with Crippen LogP contribution in [0.4, 0.5) is 0 Å². The highest BCUT2D eigenvalue weighted by Crippen LogP contribution is 2.04. The maximum Gasteiger partial charge on any atom is 0.115 e. The lowest BCUT2D eigenvalue weighted by Gasteiger charge is -1.93. The topological polar surface area (TPSA) is 103 Å². The molecule has 392 valence electrons. The van der Waals surface area contributed by atoms with Gasteiger partial charge in [0.25, 0.3) is 0 Å². The van der Waals surface area contributed by atoms with E-state index in [1.165, 1.54) is 44.5 Å². The van der Waals surface area contributed by atoms with Crippen molar-refractivity contribution in [3.05, 3.63) is 201 Å². The van der Waals surface area contributed by atoms with Gasteiger partial charge in [-0.15, -0.1) is 0 Å². The fraction of sp³-hybridized carbons (Fsp3) is 0.452. The molecular formula is C62H104N8. The van der Waals surface area contributed by atoms with E-state index in [4.69, 9.17) is 0 Å². The second kappa shape index (κ2) is 59.1. The number of hydrogen-bond acceptors (Lipinski definition) is 8. The third-order valence-electron chi connectivity index (χ3n) is 8.88. The van der Waals surface area contributed by atoms with Gasteiger partial charge in [-0.25, -0.2) is 19.9 Å². The zero-order valence-electron chi connectivity index (χ0n) is 50.1. The van der Waals surface area contributed by atoms with Crippen LogP contribution in [0.1, 0.15) is 175 Å². The van der Waals surface area contributed by atoms with Crippen LogP contribution in [0.2, 0.25) is 0 Å². The summed E-state index contributed by atoms with van der Waals surface area (Å²) < 4.78 is 0. The summed E-state index contributed by atoms with van der Waals surface area (Å²) in [7, 11) is 0. The lowest BCUT2D eigenvalue weighted by Crippen LogP contribution is -1.85. The van der Waals surface area contributed by atoms with Gasteiger partial charge in [-0.2, -0.15) is 0 Å². The lowest BCUT2D eigenvalue weighted by atomic mass is 10.1. The molecule has 8 heteroatoms. The molecule has 0 amide bonds. The Balaban J connectivity index is -0.000000127. The predicted molar refractivity (Wildman–Crippen MR) is 313 cm³/mol. The quantitative estimate of drug-likeness (QED) is 0.148. The summed E-state index contributed by atoms with van der Waals surface area (Å²) >= 11 is 0. The van der Waals surface area contributed by atoms with Gasteiger partial charge in [-0.3, -0.25) is 19.9 Å². The normalized spacial score (nSPS) is 8.00. The maximum absolute atomic E-state index is 4.08. The van der Waals surface area contributed by atoms with Gasteiger partial charge in [0.2, 0.25) is 0 Å². The number of aryl methyl sites for hydroxylation is 14. The molecule has 0 radical (unpaired) electrons. The van der Waals surface area contributed by atoms with Crippen LogP contribution in [0, 0.1) is 96.9 Å². The van der Waals surface area contributed by atoms with Crippen molar-refractivity contribution in [2.45, 2.75) is 194 Å². The van der Waals surface area contributed by atoms with Crippen LogP contribution in [-0.4, -0.2) is 39.9 Å². The van der Waals surface area contributed by atoms with Gasteiger partial charge in [-0.05, 0) is 177 Å². The summed E-state index contributed by atoms with van der Waals surface area (Å²) in [5, 5.41) is 0. The molecule has 8 nitrogen and oxygen atoms in total. The molecular weight excluding hydrogens is 857 g/mol. The first-order chi connectivity index (χ1) is 33.6. The van der Waals surface area contributed by atoms with Crippen molar-refractivity contribution >= 4 is 0 Å². The Morgan fingerprint density at radius 2 is 0.457 bits per heavy atom. The number of pyridine rings is 4. The minimum Gasteiger partial charge on any atom is -0.264 e. The molecule has 6 heterocycles. The van der Waals surface area contributed by atoms with Crippen molar-refractivity contribution < 1.29 is 0 Å². The number of aromatic nitrogens is 8. The zero-order valence-corrected chi connectivity index (χ0v) is 50.1. The molecule has 0 saturated carbocycles. The van der Waals surface area contributed by atoms with Crippen molar-refractivity contribution in [3.8, 4) is 0 Å². The Labute approximate surface area is 433 Å². The number of nitrogens with zero attached hydrogens (tertiary/aromatic N) is 8. The van der Waals surface area contributed by atoms with E-state index in [2.05, 4.69) is 132 Å². The van der Waals surface area contributed by atoms with Crippen molar-refractivity contribution in [1.29, 1.82) is 0 Å². The van der Waals surface area contributed by atoms with E-state index in [-0.39, 0.29) is 0 Å². The standard InChI is InChI=1S/C8H10.4C7H9N.2C6H8N2.7C2H6/c1-7-5-3-4-6-8(7)2;2*1-6-3-4-8-5-7(6)2;2*1-6-4-3-5-8-7(6)2;2*1-5-3-7-4-8-6(5)2;7*1-2/h3-6H,1-2H3;4*3-5H,1-2H3;2*3-4H,1-2H3;7*1-2H3. The Morgan fingerprint density at radius 1 is 0.214 bits per heavy atom. The molecule has 0 atom stereocenters. The SMILES string of the molecule is CC.CC.CC.CC.CC.CC.CC.Cc1ccccc1C.Cc1cccnc1C.Cc1cccnc1C.Cc1ccncc1C.Cc1ccncc1C.Cc1cncnc1C.Cc1cncnc1C. The molecule has 0 aliphatic heterocycles. The van der Waals surface area contributed by atoms with E-state index < -0.39 is 0 Å². The third-order valence-corrected chi connectivity index (χ3v) is 8.88. The van der Waals surface area contributed by atoms with Gasteiger partial charge in [0.05, 0.1) is 0 Å². The van der Waals surface area contributed by atoms with Crippen molar-refractivity contribution in [1.82, 2.24) is 39.9 Å². The molecule has 0 unspecified atom stereocenters. The van der Waals surface area contributed by atoms with Crippen LogP contribution < -0.4 is 0 Å². The Bertz CT molecular complexity index is 1560. The Hall–Kier alpha value is -6.02. The summed E-state index contributed by atoms with van der Waals surface area (Å²) in [4.78, 5) is 31.7. The zero-order chi connectivity index (χ0) is 55.9. The molecule has 70 heavy (non-hydrogen) atoms. The van der Waals surface area contributed by atoms with E-state index >= 15 is 0 Å². The second-order valence-corrected chi connectivity index (χ2v) is 13.4. The van der Waals surface area contributed by atoms with Crippen LogP contribution in [-0.2, 0) is 0 Å². The van der Waals surface area contributed by atoms with E-state index in [1.807, 2.05) is 212 Å². The summed E-state index contributed by atoms with van der Waals surface area (Å²) in [5.41, 5.74) is 17.0. The van der Waals surface area contributed by atoms with Gasteiger partial charge in [-0.1, -0.05) is 133 Å². The van der Waals surface area contributed by atoms with Crippen molar-refractivity contribution in [2.24, 2.45) is 0 Å². The molecule has 7 rings (SSSR count). The molecule has 0 aliphatic carbocycles. The molecule has 0 spiro atoms. The largest absolute Gasteiger partial charge is 0.264 e. The molecule has 0 saturated heterocycles. The molecule has 0 aliphatic rings. The molecule has 0 fully saturated rings. The van der Waals surface area contributed by atoms with Gasteiger partial charge in [0.1, 0.15) is 12.7 Å². The van der Waals surface area contributed by atoms with Gasteiger partial charge < -0.3 is 0 Å². The summed E-state index contributed by atoms with van der Waals surface area (Å²) in [5.74, 6) is 0. The van der Waals surface area contributed by atoms with E-state index in [0.717, 1.165) is 33.9 Å². The minimum absolute atomic E-state index is 1.06. The fourth-order valence-electron chi connectivity index (χ4n) is 3.80. The first kappa shape index (κ1) is 78.2. The molecule has 0 bridgehead atoms. The van der Waals surface area contributed by atoms with Crippen molar-refractivity contribution in [3.63, 3.8) is 0 Å². The van der Waals surface area contributed by atoms with Crippen LogP contribution in [0.5, 0.6) is 0 Å². The van der Waals surface area contributed by atoms with E-state index in [1.54, 1.807) is 12.7 Å². The molecule has 0 N–H and O–H groups in total.